The number of hydrogen-bond donors (Lipinski definition) is 3. The number of phenols is 1. The van der Waals surface area contributed by atoms with Gasteiger partial charge in [0.15, 0.2) is 0 Å². The predicted octanol–water partition coefficient (Wildman–Crippen LogP) is 3.76. The maximum absolute atomic E-state index is 11.9. The monoisotopic (exact) mass is 492 g/mol. The largest absolute Gasteiger partial charge is 0.507 e. The van der Waals surface area contributed by atoms with Crippen molar-refractivity contribution >= 4 is 35.5 Å². The first kappa shape index (κ1) is 25.7. The zero-order chi connectivity index (χ0) is 24.4. The van der Waals surface area contributed by atoms with Gasteiger partial charge in [0.25, 0.3) is 0 Å². The summed E-state index contributed by atoms with van der Waals surface area (Å²) in [4.78, 5) is 20.2. The molecule has 0 unspecified atom stereocenters. The molecular weight excluding hydrogens is 464 g/mol. The van der Waals surface area contributed by atoms with Crippen molar-refractivity contribution in [3.05, 3.63) is 54.1 Å². The highest BCUT2D eigenvalue weighted by atomic mass is 35.5. The number of carbonyl (C=O) groups excluding carboxylic acids is 1. The van der Waals surface area contributed by atoms with Crippen molar-refractivity contribution in [2.45, 2.75) is 12.8 Å². The summed E-state index contributed by atoms with van der Waals surface area (Å²) in [6, 6.07) is 16.6. The second-order valence-corrected chi connectivity index (χ2v) is 8.83. The standard InChI is InChI=1S/C26H28N6O2.ClH/c1-31(2)22-10-9-17(11-23(22)32(15-25(28)34)14-16-7-8-16)19-12-21(30-26(29)20(19)13-27)18-5-3-4-6-24(18)33;/h3-6,9-12,16,33H,7-8,14-15H2,1-2H3,(H2,28,34)(H2,29,30);1H. The van der Waals surface area contributed by atoms with Gasteiger partial charge in [0, 0.05) is 31.8 Å². The molecule has 1 aromatic heterocycles. The minimum absolute atomic E-state index is 0. The molecule has 182 valence electrons. The van der Waals surface area contributed by atoms with E-state index in [-0.39, 0.29) is 36.1 Å². The maximum Gasteiger partial charge on any atom is 0.236 e. The summed E-state index contributed by atoms with van der Waals surface area (Å²) in [7, 11) is 3.89. The zero-order valence-corrected chi connectivity index (χ0v) is 20.5. The van der Waals surface area contributed by atoms with Gasteiger partial charge in [-0.25, -0.2) is 4.98 Å². The summed E-state index contributed by atoms with van der Waals surface area (Å²) < 4.78 is 0. The van der Waals surface area contributed by atoms with Crippen LogP contribution in [0.15, 0.2) is 48.5 Å². The first-order chi connectivity index (χ1) is 16.3. The molecule has 0 aliphatic heterocycles. The van der Waals surface area contributed by atoms with Crippen LogP contribution in [0.2, 0.25) is 0 Å². The molecule has 2 aromatic carbocycles. The van der Waals surface area contributed by atoms with Crippen molar-refractivity contribution in [3.63, 3.8) is 0 Å². The minimum atomic E-state index is -0.400. The Morgan fingerprint density at radius 1 is 1.14 bits per heavy atom. The number of para-hydroxylation sites is 1. The van der Waals surface area contributed by atoms with E-state index in [0.717, 1.165) is 36.3 Å². The second-order valence-electron chi connectivity index (χ2n) is 8.83. The van der Waals surface area contributed by atoms with Crippen LogP contribution in [-0.4, -0.2) is 43.2 Å². The van der Waals surface area contributed by atoms with E-state index in [9.17, 15) is 15.2 Å². The predicted molar refractivity (Wildman–Crippen MR) is 142 cm³/mol. The zero-order valence-electron chi connectivity index (χ0n) is 19.7. The molecule has 1 saturated carbocycles. The summed E-state index contributed by atoms with van der Waals surface area (Å²) >= 11 is 0. The fourth-order valence-corrected chi connectivity index (χ4v) is 4.11. The van der Waals surface area contributed by atoms with Gasteiger partial charge >= 0.3 is 0 Å². The van der Waals surface area contributed by atoms with Gasteiger partial charge in [0.2, 0.25) is 5.91 Å². The quantitative estimate of drug-likeness (QED) is 0.436. The van der Waals surface area contributed by atoms with Crippen molar-refractivity contribution < 1.29 is 9.90 Å². The summed E-state index contributed by atoms with van der Waals surface area (Å²) in [5.41, 5.74) is 16.2. The van der Waals surface area contributed by atoms with Gasteiger partial charge in [-0.15, -0.1) is 12.4 Å². The van der Waals surface area contributed by atoms with Gasteiger partial charge in [-0.05, 0) is 54.7 Å². The number of carbonyl (C=O) groups is 1. The lowest BCUT2D eigenvalue weighted by molar-refractivity contribution is -0.116. The number of benzene rings is 2. The van der Waals surface area contributed by atoms with Crippen molar-refractivity contribution in [1.29, 1.82) is 5.26 Å². The van der Waals surface area contributed by atoms with Crippen LogP contribution >= 0.6 is 12.4 Å². The Balaban J connectivity index is 0.00000342. The Bertz CT molecular complexity index is 1280. The minimum Gasteiger partial charge on any atom is -0.507 e. The van der Waals surface area contributed by atoms with Crippen LogP contribution in [0.4, 0.5) is 17.2 Å². The van der Waals surface area contributed by atoms with Crippen LogP contribution in [0, 0.1) is 17.2 Å². The third-order valence-corrected chi connectivity index (χ3v) is 5.97. The third kappa shape index (κ3) is 5.58. The van der Waals surface area contributed by atoms with E-state index < -0.39 is 5.91 Å². The van der Waals surface area contributed by atoms with Gasteiger partial charge < -0.3 is 26.4 Å². The molecular formula is C26H29ClN6O2. The first-order valence-electron chi connectivity index (χ1n) is 11.1. The number of pyridine rings is 1. The van der Waals surface area contributed by atoms with Gasteiger partial charge in [-0.3, -0.25) is 4.79 Å². The number of nitrogens with two attached hydrogens (primary N) is 2. The molecule has 8 nitrogen and oxygen atoms in total. The molecule has 0 spiro atoms. The number of phenolic OH excluding ortho intramolecular Hbond substituents is 1. The van der Waals surface area contributed by atoms with Crippen LogP contribution in [0.25, 0.3) is 22.4 Å². The van der Waals surface area contributed by atoms with Gasteiger partial charge in [-0.1, -0.05) is 18.2 Å². The fourth-order valence-electron chi connectivity index (χ4n) is 4.11. The van der Waals surface area contributed by atoms with E-state index in [0.29, 0.717) is 22.7 Å². The molecule has 3 aromatic rings. The van der Waals surface area contributed by atoms with Crippen LogP contribution in [0.5, 0.6) is 5.75 Å². The van der Waals surface area contributed by atoms with E-state index in [4.69, 9.17) is 11.5 Å². The van der Waals surface area contributed by atoms with E-state index in [1.165, 1.54) is 0 Å². The molecule has 0 bridgehead atoms. The number of nitriles is 1. The molecule has 1 aliphatic rings. The van der Waals surface area contributed by atoms with Crippen molar-refractivity contribution in [3.8, 4) is 34.2 Å². The first-order valence-corrected chi connectivity index (χ1v) is 11.1. The van der Waals surface area contributed by atoms with E-state index in [2.05, 4.69) is 11.1 Å². The van der Waals surface area contributed by atoms with Crippen LogP contribution in [-0.2, 0) is 4.79 Å². The lowest BCUT2D eigenvalue weighted by atomic mass is 9.97. The Morgan fingerprint density at radius 3 is 2.46 bits per heavy atom. The van der Waals surface area contributed by atoms with Gasteiger partial charge in [0.05, 0.1) is 23.6 Å². The van der Waals surface area contributed by atoms with Crippen molar-refractivity contribution in [2.24, 2.45) is 11.7 Å². The van der Waals surface area contributed by atoms with E-state index in [1.54, 1.807) is 30.3 Å². The number of anilines is 3. The number of aromatic hydroxyl groups is 1. The molecule has 0 atom stereocenters. The molecule has 1 heterocycles. The third-order valence-electron chi connectivity index (χ3n) is 5.97. The Morgan fingerprint density at radius 2 is 1.86 bits per heavy atom. The van der Waals surface area contributed by atoms with Gasteiger partial charge in [0.1, 0.15) is 23.2 Å². The Hall–Kier alpha value is -3.96. The highest BCUT2D eigenvalue weighted by Gasteiger charge is 2.27. The molecule has 35 heavy (non-hydrogen) atoms. The Kier molecular flexibility index (Phi) is 7.72. The number of primary amides is 1. The van der Waals surface area contributed by atoms with Crippen LogP contribution < -0.4 is 21.3 Å². The number of halogens is 1. The number of nitrogen functional groups attached to an aromatic ring is 1. The number of nitrogens with zero attached hydrogens (tertiary/aromatic N) is 4. The summed E-state index contributed by atoms with van der Waals surface area (Å²) in [6.07, 6.45) is 2.27. The molecule has 4 rings (SSSR count). The average Bonchev–Trinajstić information content (AvgIpc) is 3.62. The average molecular weight is 493 g/mol. The highest BCUT2D eigenvalue weighted by Crippen LogP contribution is 2.40. The molecule has 1 fully saturated rings. The molecule has 9 heteroatoms. The van der Waals surface area contributed by atoms with Crippen molar-refractivity contribution in [2.75, 3.05) is 42.7 Å². The lowest BCUT2D eigenvalue weighted by Gasteiger charge is -2.29. The van der Waals surface area contributed by atoms with Crippen LogP contribution in [0.1, 0.15) is 18.4 Å². The van der Waals surface area contributed by atoms with E-state index in [1.807, 2.05) is 42.1 Å². The van der Waals surface area contributed by atoms with Gasteiger partial charge in [-0.2, -0.15) is 5.26 Å². The summed E-state index contributed by atoms with van der Waals surface area (Å²) in [5.74, 6) is 0.301. The molecule has 5 N–H and O–H groups in total. The topological polar surface area (TPSA) is 132 Å². The smallest absolute Gasteiger partial charge is 0.236 e. The molecule has 1 aliphatic carbocycles. The van der Waals surface area contributed by atoms with Crippen molar-refractivity contribution in [1.82, 2.24) is 4.98 Å². The maximum atomic E-state index is 11.9. The Labute approximate surface area is 211 Å². The lowest BCUT2D eigenvalue weighted by Crippen LogP contribution is -2.36. The molecule has 0 radical (unpaired) electrons. The number of rotatable bonds is 8. The SMILES string of the molecule is CN(C)c1ccc(-c2cc(-c3ccccc3O)nc(N)c2C#N)cc1N(CC(N)=O)CC1CC1.Cl. The highest BCUT2D eigenvalue weighted by molar-refractivity contribution is 5.87. The van der Waals surface area contributed by atoms with Crippen LogP contribution in [0.3, 0.4) is 0 Å². The van der Waals surface area contributed by atoms with E-state index >= 15 is 0 Å². The number of amides is 1. The molecule has 0 saturated heterocycles. The number of aromatic nitrogens is 1. The fraction of sp³-hybridized carbons (Fsp3) is 0.269. The second kappa shape index (κ2) is 10.5. The molecule has 1 amide bonds. The normalized spacial score (nSPS) is 12.4. The summed E-state index contributed by atoms with van der Waals surface area (Å²) in [5, 5.41) is 20.2. The summed E-state index contributed by atoms with van der Waals surface area (Å²) in [6.45, 7) is 0.841. The number of hydrogen-bond acceptors (Lipinski definition) is 7.